The molecule has 0 unspecified atom stereocenters. The minimum Gasteiger partial charge on any atom is -0.370 e. The first-order valence-electron chi connectivity index (χ1n) is 6.35. The summed E-state index contributed by atoms with van der Waals surface area (Å²) in [7, 11) is 0. The van der Waals surface area contributed by atoms with Gasteiger partial charge in [0, 0.05) is 24.0 Å². The molecule has 0 aliphatic rings. The van der Waals surface area contributed by atoms with Gasteiger partial charge >= 0.3 is 0 Å². The van der Waals surface area contributed by atoms with E-state index in [0.29, 0.717) is 27.7 Å². The molecule has 21 heavy (non-hydrogen) atoms. The number of hydrogen-bond acceptors (Lipinski definition) is 4. The monoisotopic (exact) mass is 300 g/mol. The summed E-state index contributed by atoms with van der Waals surface area (Å²) in [6.45, 7) is 2.68. The lowest BCUT2D eigenvalue weighted by atomic mass is 10.2. The molecule has 1 aromatic carbocycles. The van der Waals surface area contributed by atoms with E-state index in [1.54, 1.807) is 36.5 Å². The number of amides is 1. The van der Waals surface area contributed by atoms with Crippen molar-refractivity contribution in [3.05, 3.63) is 52.7 Å². The quantitative estimate of drug-likeness (QED) is 0.908. The fourth-order valence-corrected chi connectivity index (χ4v) is 1.96. The Morgan fingerprint density at radius 3 is 2.86 bits per heavy atom. The summed E-state index contributed by atoms with van der Waals surface area (Å²) < 4.78 is 0. The van der Waals surface area contributed by atoms with Crippen LogP contribution in [0.2, 0.25) is 5.02 Å². The average molecular weight is 301 g/mol. The molecule has 0 fully saturated rings. The molecule has 0 atom stereocenters. The highest BCUT2D eigenvalue weighted by molar-refractivity contribution is 6.32. The van der Waals surface area contributed by atoms with E-state index in [1.807, 2.05) is 13.0 Å². The summed E-state index contributed by atoms with van der Waals surface area (Å²) in [4.78, 5) is 16.3. The second-order valence-electron chi connectivity index (χ2n) is 4.22. The lowest BCUT2D eigenvalue weighted by Crippen LogP contribution is -2.12. The van der Waals surface area contributed by atoms with Gasteiger partial charge < -0.3 is 10.6 Å². The number of nitrogens with one attached hydrogen (secondary N) is 2. The highest BCUT2D eigenvalue weighted by Gasteiger charge is 2.08. The summed E-state index contributed by atoms with van der Waals surface area (Å²) in [6, 6.07) is 10.0. The number of rotatable bonds is 4. The zero-order valence-electron chi connectivity index (χ0n) is 11.4. The van der Waals surface area contributed by atoms with Gasteiger partial charge in [-0.05, 0) is 37.3 Å². The number of halogens is 1. The maximum Gasteiger partial charge on any atom is 0.255 e. The smallest absolute Gasteiger partial charge is 0.255 e. The van der Waals surface area contributed by atoms with Gasteiger partial charge in [-0.25, -0.2) is 4.98 Å². The minimum absolute atomic E-state index is 0.266. The predicted molar refractivity (Wildman–Crippen MR) is 82.5 cm³/mol. The van der Waals surface area contributed by atoms with Gasteiger partial charge in [0.25, 0.3) is 5.91 Å². The SMILES string of the molecule is CCNc1cc(C(=O)Nc2ccc(C#N)c(Cl)c2)ccn1. The van der Waals surface area contributed by atoms with E-state index in [9.17, 15) is 4.79 Å². The van der Waals surface area contributed by atoms with Gasteiger partial charge in [-0.15, -0.1) is 0 Å². The van der Waals surface area contributed by atoms with Crippen LogP contribution in [0, 0.1) is 11.3 Å². The third-order valence-corrected chi connectivity index (χ3v) is 3.04. The van der Waals surface area contributed by atoms with Crippen LogP contribution in [0.5, 0.6) is 0 Å². The number of aromatic nitrogens is 1. The summed E-state index contributed by atoms with van der Waals surface area (Å²) >= 11 is 5.93. The van der Waals surface area contributed by atoms with E-state index >= 15 is 0 Å². The molecule has 0 saturated carbocycles. The van der Waals surface area contributed by atoms with Crippen molar-refractivity contribution in [1.82, 2.24) is 4.98 Å². The number of nitriles is 1. The number of hydrogen-bond donors (Lipinski definition) is 2. The number of benzene rings is 1. The average Bonchev–Trinajstić information content (AvgIpc) is 2.48. The van der Waals surface area contributed by atoms with Crippen LogP contribution >= 0.6 is 11.6 Å². The molecule has 0 bridgehead atoms. The zero-order chi connectivity index (χ0) is 15.2. The molecule has 6 heteroatoms. The first-order valence-corrected chi connectivity index (χ1v) is 6.72. The number of anilines is 2. The number of carbonyl (C=O) groups is 1. The van der Waals surface area contributed by atoms with Crippen LogP contribution in [0.4, 0.5) is 11.5 Å². The largest absolute Gasteiger partial charge is 0.370 e. The highest BCUT2D eigenvalue weighted by atomic mass is 35.5. The van der Waals surface area contributed by atoms with Crippen molar-refractivity contribution >= 4 is 29.0 Å². The zero-order valence-corrected chi connectivity index (χ0v) is 12.1. The van der Waals surface area contributed by atoms with Crippen LogP contribution in [0.25, 0.3) is 0 Å². The lowest BCUT2D eigenvalue weighted by molar-refractivity contribution is 0.102. The standard InChI is InChI=1S/C15H13ClN4O/c1-2-18-14-7-10(5-6-19-14)15(21)20-12-4-3-11(9-17)13(16)8-12/h3-8H,2H2,1H3,(H,18,19)(H,20,21). The Labute approximate surface area is 127 Å². The third-order valence-electron chi connectivity index (χ3n) is 2.73. The van der Waals surface area contributed by atoms with Gasteiger partial charge in [0.15, 0.2) is 0 Å². The van der Waals surface area contributed by atoms with Gasteiger partial charge in [-0.2, -0.15) is 5.26 Å². The van der Waals surface area contributed by atoms with Crippen LogP contribution in [0.3, 0.4) is 0 Å². The van der Waals surface area contributed by atoms with E-state index < -0.39 is 0 Å². The first-order chi connectivity index (χ1) is 10.1. The molecule has 1 aromatic heterocycles. The summed E-state index contributed by atoms with van der Waals surface area (Å²) in [6.07, 6.45) is 1.57. The topological polar surface area (TPSA) is 77.8 Å². The first kappa shape index (κ1) is 14.8. The molecule has 2 aromatic rings. The Morgan fingerprint density at radius 1 is 1.38 bits per heavy atom. The molecule has 5 nitrogen and oxygen atoms in total. The Kier molecular flexibility index (Phi) is 4.75. The molecule has 2 N–H and O–H groups in total. The van der Waals surface area contributed by atoms with Crippen molar-refractivity contribution in [3.8, 4) is 6.07 Å². The maximum atomic E-state index is 12.2. The van der Waals surface area contributed by atoms with E-state index in [2.05, 4.69) is 15.6 Å². The van der Waals surface area contributed by atoms with Crippen molar-refractivity contribution in [2.75, 3.05) is 17.2 Å². The van der Waals surface area contributed by atoms with Crippen molar-refractivity contribution in [2.45, 2.75) is 6.92 Å². The Balaban J connectivity index is 2.16. The summed E-state index contributed by atoms with van der Waals surface area (Å²) in [5, 5.41) is 14.9. The van der Waals surface area contributed by atoms with Crippen LogP contribution in [-0.4, -0.2) is 17.4 Å². The van der Waals surface area contributed by atoms with Gasteiger partial charge in [0.2, 0.25) is 0 Å². The number of carbonyl (C=O) groups excluding carboxylic acids is 1. The molecule has 0 spiro atoms. The van der Waals surface area contributed by atoms with Crippen molar-refractivity contribution in [1.29, 1.82) is 5.26 Å². The van der Waals surface area contributed by atoms with Gasteiger partial charge in [-0.1, -0.05) is 11.6 Å². The Bertz CT molecular complexity index is 709. The van der Waals surface area contributed by atoms with Gasteiger partial charge in [0.1, 0.15) is 11.9 Å². The maximum absolute atomic E-state index is 12.2. The Morgan fingerprint density at radius 2 is 2.19 bits per heavy atom. The van der Waals surface area contributed by atoms with Crippen LogP contribution in [-0.2, 0) is 0 Å². The summed E-state index contributed by atoms with van der Waals surface area (Å²) in [5.41, 5.74) is 1.39. The molecule has 2 rings (SSSR count). The fraction of sp³-hybridized carbons (Fsp3) is 0.133. The molecular weight excluding hydrogens is 288 g/mol. The van der Waals surface area contributed by atoms with Gasteiger partial charge in [0.05, 0.1) is 10.6 Å². The predicted octanol–water partition coefficient (Wildman–Crippen LogP) is 3.29. The fourth-order valence-electron chi connectivity index (χ4n) is 1.74. The minimum atomic E-state index is -0.266. The van der Waals surface area contributed by atoms with Gasteiger partial charge in [-0.3, -0.25) is 4.79 Å². The molecule has 0 saturated heterocycles. The highest BCUT2D eigenvalue weighted by Crippen LogP contribution is 2.20. The van der Waals surface area contributed by atoms with Crippen LogP contribution < -0.4 is 10.6 Å². The van der Waals surface area contributed by atoms with E-state index in [0.717, 1.165) is 6.54 Å². The lowest BCUT2D eigenvalue weighted by Gasteiger charge is -2.08. The molecule has 0 aliphatic heterocycles. The number of nitrogens with zero attached hydrogens (tertiary/aromatic N) is 2. The molecular formula is C15H13ClN4O. The second kappa shape index (κ2) is 6.73. The molecule has 0 radical (unpaired) electrons. The van der Waals surface area contributed by atoms with Crippen molar-refractivity contribution in [3.63, 3.8) is 0 Å². The van der Waals surface area contributed by atoms with Crippen LogP contribution in [0.15, 0.2) is 36.5 Å². The normalized spacial score (nSPS) is 9.76. The summed E-state index contributed by atoms with van der Waals surface area (Å²) in [5.74, 6) is 0.375. The van der Waals surface area contributed by atoms with E-state index in [-0.39, 0.29) is 5.91 Å². The molecule has 1 amide bonds. The van der Waals surface area contributed by atoms with E-state index in [1.165, 1.54) is 0 Å². The van der Waals surface area contributed by atoms with Crippen molar-refractivity contribution in [2.24, 2.45) is 0 Å². The third kappa shape index (κ3) is 3.71. The van der Waals surface area contributed by atoms with Crippen LogP contribution in [0.1, 0.15) is 22.8 Å². The Hall–Kier alpha value is -2.58. The molecule has 106 valence electrons. The molecule has 1 heterocycles. The van der Waals surface area contributed by atoms with Crippen molar-refractivity contribution < 1.29 is 4.79 Å². The second-order valence-corrected chi connectivity index (χ2v) is 4.63. The number of pyridine rings is 1. The van der Waals surface area contributed by atoms with E-state index in [4.69, 9.17) is 16.9 Å². The molecule has 0 aliphatic carbocycles.